The van der Waals surface area contributed by atoms with E-state index in [1.807, 2.05) is 18.5 Å². The van der Waals surface area contributed by atoms with Gasteiger partial charge in [-0.05, 0) is 6.92 Å². The number of hydrogen-bond acceptors (Lipinski definition) is 6. The van der Waals surface area contributed by atoms with Gasteiger partial charge in [0.1, 0.15) is 0 Å². The van der Waals surface area contributed by atoms with Crippen molar-refractivity contribution in [2.75, 3.05) is 5.73 Å². The van der Waals surface area contributed by atoms with Gasteiger partial charge in [-0.2, -0.15) is 0 Å². The maximum absolute atomic E-state index is 5.67. The summed E-state index contributed by atoms with van der Waals surface area (Å²) in [6.07, 6.45) is 4.09. The average molecular weight is 282 g/mol. The number of thioether (sulfide) groups is 1. The Balaban J connectivity index is 1.76. The molecule has 3 aromatic rings. The first-order valence-corrected chi connectivity index (χ1v) is 7.67. The van der Waals surface area contributed by atoms with Crippen molar-refractivity contribution in [1.82, 2.24) is 14.4 Å². The van der Waals surface area contributed by atoms with Gasteiger partial charge in [0.05, 0.1) is 15.6 Å². The van der Waals surface area contributed by atoms with Crippen LogP contribution in [0.2, 0.25) is 0 Å². The van der Waals surface area contributed by atoms with E-state index >= 15 is 0 Å². The van der Waals surface area contributed by atoms with E-state index in [2.05, 4.69) is 20.6 Å². The fourth-order valence-corrected chi connectivity index (χ4v) is 4.15. The molecule has 3 rings (SSSR count). The molecule has 0 aromatic carbocycles. The number of nitrogens with zero attached hydrogens (tertiary/aromatic N) is 3. The van der Waals surface area contributed by atoms with Gasteiger partial charge in [0, 0.05) is 23.5 Å². The van der Waals surface area contributed by atoms with E-state index in [9.17, 15) is 0 Å². The van der Waals surface area contributed by atoms with Crippen LogP contribution in [0.3, 0.4) is 0 Å². The molecule has 4 nitrogen and oxygen atoms in total. The fraction of sp³-hybridized carbons (Fsp3) is 0.200. The molecular formula is C10H10N4S3. The molecule has 0 spiro atoms. The van der Waals surface area contributed by atoms with E-state index in [4.69, 9.17) is 5.73 Å². The Morgan fingerprint density at radius 2 is 2.35 bits per heavy atom. The van der Waals surface area contributed by atoms with Crippen LogP contribution in [0.5, 0.6) is 0 Å². The van der Waals surface area contributed by atoms with Gasteiger partial charge in [0.2, 0.25) is 0 Å². The first-order chi connectivity index (χ1) is 8.22. The highest BCUT2D eigenvalue weighted by Crippen LogP contribution is 2.32. The molecule has 0 amide bonds. The Morgan fingerprint density at radius 3 is 3.06 bits per heavy atom. The summed E-state index contributed by atoms with van der Waals surface area (Å²) >= 11 is 4.93. The minimum absolute atomic E-state index is 0.635. The second-order valence-electron chi connectivity index (χ2n) is 3.54. The zero-order valence-corrected chi connectivity index (χ0v) is 11.5. The van der Waals surface area contributed by atoms with Gasteiger partial charge < -0.3 is 5.73 Å². The van der Waals surface area contributed by atoms with Crippen LogP contribution >= 0.6 is 34.4 Å². The maximum Gasteiger partial charge on any atom is 0.193 e. The lowest BCUT2D eigenvalue weighted by Crippen LogP contribution is -1.81. The molecule has 7 heteroatoms. The predicted octanol–water partition coefficient (Wildman–Crippen LogP) is 3.04. The fourth-order valence-electron chi connectivity index (χ4n) is 1.52. The summed E-state index contributed by atoms with van der Waals surface area (Å²) in [5, 5.41) is 2.67. The number of aryl methyl sites for hydroxylation is 1. The Hall–Kier alpha value is -1.05. The molecule has 0 aliphatic heterocycles. The molecule has 0 fully saturated rings. The van der Waals surface area contributed by atoms with E-state index in [1.165, 1.54) is 4.21 Å². The third-order valence-electron chi connectivity index (χ3n) is 2.26. The smallest absolute Gasteiger partial charge is 0.193 e. The third kappa shape index (κ3) is 2.18. The third-order valence-corrected chi connectivity index (χ3v) is 5.42. The maximum atomic E-state index is 5.67. The van der Waals surface area contributed by atoms with Crippen molar-refractivity contribution in [2.45, 2.75) is 16.9 Å². The monoisotopic (exact) mass is 282 g/mol. The first kappa shape index (κ1) is 11.1. The van der Waals surface area contributed by atoms with Crippen LogP contribution in [0.4, 0.5) is 5.13 Å². The lowest BCUT2D eigenvalue weighted by atomic mass is 10.6. The highest BCUT2D eigenvalue weighted by Gasteiger charge is 2.08. The molecule has 0 atom stereocenters. The zero-order chi connectivity index (χ0) is 11.8. The molecule has 3 aromatic heterocycles. The largest absolute Gasteiger partial charge is 0.375 e. The summed E-state index contributed by atoms with van der Waals surface area (Å²) in [5.74, 6) is 0.858. The van der Waals surface area contributed by atoms with Crippen molar-refractivity contribution in [2.24, 2.45) is 0 Å². The topological polar surface area (TPSA) is 56.2 Å². The molecule has 2 N–H and O–H groups in total. The van der Waals surface area contributed by atoms with Crippen molar-refractivity contribution in [3.05, 3.63) is 29.2 Å². The molecule has 0 saturated carbocycles. The normalized spacial score (nSPS) is 11.4. The van der Waals surface area contributed by atoms with Crippen LogP contribution in [0, 0.1) is 6.92 Å². The molecule has 0 unspecified atom stereocenters. The van der Waals surface area contributed by atoms with Crippen LogP contribution < -0.4 is 5.73 Å². The number of rotatable bonds is 3. The Kier molecular flexibility index (Phi) is 2.81. The van der Waals surface area contributed by atoms with Crippen LogP contribution in [-0.2, 0) is 5.75 Å². The molecule has 0 saturated heterocycles. The van der Waals surface area contributed by atoms with E-state index < -0.39 is 0 Å². The summed E-state index contributed by atoms with van der Waals surface area (Å²) in [5.41, 5.74) is 7.77. The van der Waals surface area contributed by atoms with Gasteiger partial charge in [0.15, 0.2) is 10.1 Å². The lowest BCUT2D eigenvalue weighted by Gasteiger charge is -1.95. The second kappa shape index (κ2) is 4.32. The van der Waals surface area contributed by atoms with Crippen molar-refractivity contribution in [3.8, 4) is 0 Å². The van der Waals surface area contributed by atoms with E-state index in [-0.39, 0.29) is 0 Å². The molecule has 17 heavy (non-hydrogen) atoms. The number of aromatic nitrogens is 3. The lowest BCUT2D eigenvalue weighted by molar-refractivity contribution is 1.20. The minimum Gasteiger partial charge on any atom is -0.375 e. The molecule has 0 bridgehead atoms. The van der Waals surface area contributed by atoms with Crippen molar-refractivity contribution < 1.29 is 0 Å². The number of imidazole rings is 1. The highest BCUT2D eigenvalue weighted by atomic mass is 32.2. The molecule has 0 radical (unpaired) electrons. The minimum atomic E-state index is 0.635. The van der Waals surface area contributed by atoms with Gasteiger partial charge in [0.25, 0.3) is 0 Å². The van der Waals surface area contributed by atoms with Gasteiger partial charge >= 0.3 is 0 Å². The summed E-state index contributed by atoms with van der Waals surface area (Å²) in [7, 11) is 0. The quantitative estimate of drug-likeness (QED) is 0.750. The average Bonchev–Trinajstić information content (AvgIpc) is 2.89. The SMILES string of the molecule is Cc1nc(N)sc1SCc1cn2ccsc2n1. The number of thiazole rings is 2. The van der Waals surface area contributed by atoms with Crippen molar-refractivity contribution >= 4 is 44.5 Å². The highest BCUT2D eigenvalue weighted by molar-refractivity contribution is 8.00. The zero-order valence-electron chi connectivity index (χ0n) is 9.08. The predicted molar refractivity (Wildman–Crippen MR) is 73.9 cm³/mol. The van der Waals surface area contributed by atoms with Crippen LogP contribution in [0.1, 0.15) is 11.4 Å². The molecule has 3 heterocycles. The number of hydrogen-bond donors (Lipinski definition) is 1. The number of nitrogen functional groups attached to an aromatic ring is 1. The van der Waals surface area contributed by atoms with Crippen LogP contribution in [-0.4, -0.2) is 14.4 Å². The van der Waals surface area contributed by atoms with Gasteiger partial charge in [-0.3, -0.25) is 4.40 Å². The molecule has 88 valence electrons. The number of fused-ring (bicyclic) bond motifs is 1. The van der Waals surface area contributed by atoms with E-state index in [0.29, 0.717) is 5.13 Å². The summed E-state index contributed by atoms with van der Waals surface area (Å²) < 4.78 is 3.23. The van der Waals surface area contributed by atoms with E-state index in [0.717, 1.165) is 22.1 Å². The Labute approximate surface area is 111 Å². The van der Waals surface area contributed by atoms with Crippen molar-refractivity contribution in [1.29, 1.82) is 0 Å². The molecular weight excluding hydrogens is 272 g/mol. The van der Waals surface area contributed by atoms with E-state index in [1.54, 1.807) is 34.4 Å². The van der Waals surface area contributed by atoms with Crippen LogP contribution in [0.25, 0.3) is 4.96 Å². The second-order valence-corrected chi connectivity index (χ2v) is 6.69. The first-order valence-electron chi connectivity index (χ1n) is 4.99. The Morgan fingerprint density at radius 1 is 1.47 bits per heavy atom. The van der Waals surface area contributed by atoms with Gasteiger partial charge in [-0.15, -0.1) is 23.1 Å². The number of anilines is 1. The molecule has 0 aliphatic rings. The summed E-state index contributed by atoms with van der Waals surface area (Å²) in [4.78, 5) is 9.79. The summed E-state index contributed by atoms with van der Waals surface area (Å²) in [6.45, 7) is 1.99. The van der Waals surface area contributed by atoms with Crippen LogP contribution in [0.15, 0.2) is 22.0 Å². The summed E-state index contributed by atoms with van der Waals surface area (Å²) in [6, 6.07) is 0. The number of nitrogens with two attached hydrogens (primary N) is 1. The standard InChI is InChI=1S/C10H10N4S3/c1-6-8(17-9(11)12-6)16-5-7-4-14-2-3-15-10(14)13-7/h2-4H,5H2,1H3,(H2,11,12). The van der Waals surface area contributed by atoms with Gasteiger partial charge in [-0.1, -0.05) is 11.3 Å². The van der Waals surface area contributed by atoms with Crippen molar-refractivity contribution in [3.63, 3.8) is 0 Å². The Bertz CT molecular complexity index is 623. The molecule has 0 aliphatic carbocycles. The van der Waals surface area contributed by atoms with Gasteiger partial charge in [-0.25, -0.2) is 9.97 Å².